The normalized spacial score (nSPS) is 26.0. The first-order valence-electron chi connectivity index (χ1n) is 8.62. The van der Waals surface area contributed by atoms with Gasteiger partial charge in [-0.1, -0.05) is 39.0 Å². The van der Waals surface area contributed by atoms with Crippen LogP contribution in [-0.2, 0) is 15.7 Å². The van der Waals surface area contributed by atoms with E-state index >= 15 is 0 Å². The Balaban J connectivity index is 2.60. The van der Waals surface area contributed by atoms with Crippen molar-refractivity contribution in [3.8, 4) is 0 Å². The molecule has 1 fully saturated rings. The van der Waals surface area contributed by atoms with Gasteiger partial charge in [0.15, 0.2) is 0 Å². The number of ether oxygens (including phenoxy) is 1. The number of halogens is 3. The van der Waals surface area contributed by atoms with Crippen LogP contribution in [0.1, 0.15) is 44.9 Å². The highest BCUT2D eigenvalue weighted by Gasteiger charge is 2.59. The molecule has 0 spiro atoms. The third-order valence-electron chi connectivity index (χ3n) is 4.81. The minimum atomic E-state index is -4.67. The van der Waals surface area contributed by atoms with Gasteiger partial charge in [0, 0.05) is 4.92 Å². The molecule has 1 aliphatic rings. The molecule has 1 heterocycles. The van der Waals surface area contributed by atoms with Crippen molar-refractivity contribution in [3.05, 3.63) is 45.5 Å². The average Bonchev–Trinajstić information content (AvgIpc) is 2.95. The van der Waals surface area contributed by atoms with E-state index in [9.17, 15) is 28.1 Å². The van der Waals surface area contributed by atoms with Crippen molar-refractivity contribution in [1.29, 1.82) is 0 Å². The molecule has 0 unspecified atom stereocenters. The highest BCUT2D eigenvalue weighted by Crippen LogP contribution is 2.46. The first-order chi connectivity index (χ1) is 12.4. The van der Waals surface area contributed by atoms with Crippen molar-refractivity contribution in [2.45, 2.75) is 52.0 Å². The maximum Gasteiger partial charge on any atom is 0.416 e. The maximum absolute atomic E-state index is 13.4. The van der Waals surface area contributed by atoms with Gasteiger partial charge in [0.05, 0.1) is 18.1 Å². The van der Waals surface area contributed by atoms with Gasteiger partial charge in [-0.15, -0.1) is 0 Å². The van der Waals surface area contributed by atoms with Crippen LogP contribution in [0.4, 0.5) is 13.2 Å². The van der Waals surface area contributed by atoms with Crippen LogP contribution in [-0.4, -0.2) is 29.6 Å². The molecule has 27 heavy (non-hydrogen) atoms. The minimum Gasteiger partial charge on any atom is -0.465 e. The predicted octanol–water partition coefficient (Wildman–Crippen LogP) is 3.59. The third kappa shape index (κ3) is 4.23. The Kier molecular flexibility index (Phi) is 5.84. The quantitative estimate of drug-likeness (QED) is 0.484. The smallest absolute Gasteiger partial charge is 0.416 e. The van der Waals surface area contributed by atoms with Crippen LogP contribution in [0.2, 0.25) is 0 Å². The zero-order chi connectivity index (χ0) is 20.6. The number of hydrogen-bond donors (Lipinski definition) is 1. The fourth-order valence-electron chi connectivity index (χ4n) is 3.81. The Morgan fingerprint density at radius 3 is 2.33 bits per heavy atom. The van der Waals surface area contributed by atoms with Crippen LogP contribution in [0.15, 0.2) is 24.3 Å². The Labute approximate surface area is 155 Å². The number of nitrogens with zero attached hydrogens (tertiary/aromatic N) is 1. The number of carbonyl (C=O) groups excluding carboxylic acids is 1. The highest BCUT2D eigenvalue weighted by atomic mass is 19.4. The van der Waals surface area contributed by atoms with E-state index in [2.05, 4.69) is 5.32 Å². The molecule has 1 aromatic rings. The van der Waals surface area contributed by atoms with E-state index in [0.717, 1.165) is 6.07 Å². The van der Waals surface area contributed by atoms with E-state index in [1.165, 1.54) is 18.2 Å². The molecule has 6 nitrogen and oxygen atoms in total. The van der Waals surface area contributed by atoms with E-state index in [0.29, 0.717) is 0 Å². The molecule has 0 aromatic heterocycles. The van der Waals surface area contributed by atoms with Gasteiger partial charge in [0.25, 0.3) is 0 Å². The summed E-state index contributed by atoms with van der Waals surface area (Å²) in [6.45, 7) is 6.83. The molecule has 1 aliphatic heterocycles. The van der Waals surface area contributed by atoms with Crippen LogP contribution in [0.5, 0.6) is 0 Å². The van der Waals surface area contributed by atoms with E-state index in [1.54, 1.807) is 27.7 Å². The van der Waals surface area contributed by atoms with E-state index in [4.69, 9.17) is 4.74 Å². The van der Waals surface area contributed by atoms with Crippen LogP contribution in [0.3, 0.4) is 0 Å². The fraction of sp³-hybridized carbons (Fsp3) is 0.611. The third-order valence-corrected chi connectivity index (χ3v) is 4.81. The number of hydrogen-bond acceptors (Lipinski definition) is 5. The van der Waals surface area contributed by atoms with Crippen molar-refractivity contribution in [3.63, 3.8) is 0 Å². The van der Waals surface area contributed by atoms with Crippen molar-refractivity contribution < 1.29 is 27.6 Å². The van der Waals surface area contributed by atoms with Crippen molar-refractivity contribution >= 4 is 5.97 Å². The number of nitro groups is 1. The standard InChI is InChI=1S/C18H23F3N2O4/c1-5-27-16(24)14-12(17(2,3)4)15(23(25)26)13(22-14)10-8-6-7-9-11(10)18(19,20)21/h6-9,12-15,22H,5H2,1-4H3/t12-,13+,14+,15+/m1/s1. The van der Waals surface area contributed by atoms with Crippen LogP contribution >= 0.6 is 0 Å². The highest BCUT2D eigenvalue weighted by molar-refractivity contribution is 5.77. The number of esters is 1. The molecule has 1 N–H and O–H groups in total. The van der Waals surface area contributed by atoms with Gasteiger partial charge in [-0.3, -0.25) is 20.2 Å². The summed E-state index contributed by atoms with van der Waals surface area (Å²) in [4.78, 5) is 23.7. The summed E-state index contributed by atoms with van der Waals surface area (Å²) in [6.07, 6.45) is -4.67. The van der Waals surface area contributed by atoms with E-state index < -0.39 is 52.1 Å². The summed E-state index contributed by atoms with van der Waals surface area (Å²) in [5.74, 6) is -1.55. The maximum atomic E-state index is 13.4. The number of nitrogens with one attached hydrogen (secondary N) is 1. The molecule has 0 aliphatic carbocycles. The first-order valence-corrected chi connectivity index (χ1v) is 8.62. The molecular formula is C18H23F3N2O4. The molecule has 150 valence electrons. The Hall–Kier alpha value is -2.16. The summed E-state index contributed by atoms with van der Waals surface area (Å²) < 4.78 is 45.4. The van der Waals surface area contributed by atoms with Crippen LogP contribution in [0, 0.1) is 21.4 Å². The summed E-state index contributed by atoms with van der Waals surface area (Å²) >= 11 is 0. The number of rotatable bonds is 4. The second-order valence-corrected chi connectivity index (χ2v) is 7.63. The Morgan fingerprint density at radius 1 is 1.26 bits per heavy atom. The van der Waals surface area contributed by atoms with Gasteiger partial charge in [-0.05, 0) is 24.0 Å². The second-order valence-electron chi connectivity index (χ2n) is 7.63. The molecular weight excluding hydrogens is 365 g/mol. The topological polar surface area (TPSA) is 81.5 Å². The van der Waals surface area contributed by atoms with Crippen LogP contribution in [0.25, 0.3) is 0 Å². The van der Waals surface area contributed by atoms with Crippen molar-refractivity contribution in [2.75, 3.05) is 6.61 Å². The lowest BCUT2D eigenvalue weighted by Crippen LogP contribution is -2.45. The predicted molar refractivity (Wildman–Crippen MR) is 91.5 cm³/mol. The number of alkyl halides is 3. The van der Waals surface area contributed by atoms with Gasteiger partial charge in [-0.25, -0.2) is 0 Å². The summed E-state index contributed by atoms with van der Waals surface area (Å²) in [5.41, 5.74) is -1.91. The lowest BCUT2D eigenvalue weighted by atomic mass is 9.72. The monoisotopic (exact) mass is 388 g/mol. The lowest BCUT2D eigenvalue weighted by molar-refractivity contribution is -0.535. The van der Waals surface area contributed by atoms with Gasteiger partial charge in [0.2, 0.25) is 6.04 Å². The number of carbonyl (C=O) groups is 1. The number of benzene rings is 1. The zero-order valence-corrected chi connectivity index (χ0v) is 15.5. The van der Waals surface area contributed by atoms with E-state index in [-0.39, 0.29) is 12.2 Å². The molecule has 0 radical (unpaired) electrons. The summed E-state index contributed by atoms with van der Waals surface area (Å²) in [5, 5.41) is 14.6. The van der Waals surface area contributed by atoms with Gasteiger partial charge in [-0.2, -0.15) is 13.2 Å². The SMILES string of the molecule is CCOC(=O)[C@H]1N[C@@H](c2ccccc2C(F)(F)F)[C@@H]([N+](=O)[O-])[C@@H]1C(C)(C)C. The molecule has 0 bridgehead atoms. The molecule has 4 atom stereocenters. The lowest BCUT2D eigenvalue weighted by Gasteiger charge is -2.31. The molecule has 2 rings (SSSR count). The molecule has 9 heteroatoms. The van der Waals surface area contributed by atoms with Gasteiger partial charge >= 0.3 is 12.1 Å². The van der Waals surface area contributed by atoms with Crippen LogP contribution < -0.4 is 5.32 Å². The largest absolute Gasteiger partial charge is 0.465 e. The van der Waals surface area contributed by atoms with Crippen molar-refractivity contribution in [2.24, 2.45) is 11.3 Å². The summed E-state index contributed by atoms with van der Waals surface area (Å²) in [6, 6.07) is 0.965. The first kappa shape index (κ1) is 21.1. The summed E-state index contributed by atoms with van der Waals surface area (Å²) in [7, 11) is 0. The molecule has 0 amide bonds. The molecule has 1 aromatic carbocycles. The second kappa shape index (κ2) is 7.46. The Morgan fingerprint density at radius 2 is 1.85 bits per heavy atom. The van der Waals surface area contributed by atoms with Gasteiger partial charge < -0.3 is 4.74 Å². The van der Waals surface area contributed by atoms with Crippen molar-refractivity contribution in [1.82, 2.24) is 5.32 Å². The average molecular weight is 388 g/mol. The zero-order valence-electron chi connectivity index (χ0n) is 15.5. The van der Waals surface area contributed by atoms with E-state index in [1.807, 2.05) is 0 Å². The molecule has 1 saturated heterocycles. The fourth-order valence-corrected chi connectivity index (χ4v) is 3.81. The van der Waals surface area contributed by atoms with Gasteiger partial charge in [0.1, 0.15) is 12.1 Å². The molecule has 0 saturated carbocycles. The minimum absolute atomic E-state index is 0.0702. The Bertz CT molecular complexity index is 715.